The van der Waals surface area contributed by atoms with Crippen molar-refractivity contribution in [3.8, 4) is 0 Å². The van der Waals surface area contributed by atoms with E-state index in [2.05, 4.69) is 19.9 Å². The molecule has 0 bridgehead atoms. The molecule has 0 aromatic carbocycles. The summed E-state index contributed by atoms with van der Waals surface area (Å²) in [5, 5.41) is 0. The average molecular weight is 368 g/mol. The van der Waals surface area contributed by atoms with Crippen LogP contribution in [0.2, 0.25) is 0 Å². The molecule has 2 amide bonds. The lowest BCUT2D eigenvalue weighted by molar-refractivity contribution is 0.0476. The molecule has 0 unspecified atom stereocenters. The van der Waals surface area contributed by atoms with E-state index in [1.165, 1.54) is 17.3 Å². The Labute approximate surface area is 156 Å². The third-order valence-electron chi connectivity index (χ3n) is 4.73. The maximum atomic E-state index is 12.9. The SMILES string of the molecule is Cc1ccc(N2C(=O)c3nccnc3[C@@H]2OC(=O)N2CCN(C)CC2)nc1. The second-order valence-electron chi connectivity index (χ2n) is 6.69. The Morgan fingerprint density at radius 1 is 1.11 bits per heavy atom. The van der Waals surface area contributed by atoms with Gasteiger partial charge in [-0.3, -0.25) is 9.78 Å². The van der Waals surface area contributed by atoms with Gasteiger partial charge in [-0.15, -0.1) is 0 Å². The maximum Gasteiger partial charge on any atom is 0.412 e. The van der Waals surface area contributed by atoms with Gasteiger partial charge in [0, 0.05) is 44.8 Å². The molecule has 4 heterocycles. The number of fused-ring (bicyclic) bond motifs is 1. The van der Waals surface area contributed by atoms with Gasteiger partial charge in [-0.05, 0) is 25.6 Å². The first kappa shape index (κ1) is 17.3. The fraction of sp³-hybridized carbons (Fsp3) is 0.389. The van der Waals surface area contributed by atoms with E-state index in [4.69, 9.17) is 4.74 Å². The molecule has 1 fully saturated rings. The summed E-state index contributed by atoms with van der Waals surface area (Å²) in [6.45, 7) is 4.61. The molecule has 1 atom stereocenters. The molecular weight excluding hydrogens is 348 g/mol. The van der Waals surface area contributed by atoms with Gasteiger partial charge in [0.15, 0.2) is 5.69 Å². The van der Waals surface area contributed by atoms with Gasteiger partial charge >= 0.3 is 6.09 Å². The number of anilines is 1. The van der Waals surface area contributed by atoms with E-state index in [0.29, 0.717) is 24.6 Å². The second kappa shape index (κ2) is 6.92. The summed E-state index contributed by atoms with van der Waals surface area (Å²) in [5.74, 6) is 0.00667. The highest BCUT2D eigenvalue weighted by atomic mass is 16.6. The zero-order chi connectivity index (χ0) is 19.0. The van der Waals surface area contributed by atoms with Gasteiger partial charge in [-0.1, -0.05) is 6.07 Å². The van der Waals surface area contributed by atoms with Crippen LogP contribution in [-0.4, -0.2) is 70.0 Å². The van der Waals surface area contributed by atoms with Crippen LogP contribution < -0.4 is 4.90 Å². The Morgan fingerprint density at radius 2 is 1.85 bits per heavy atom. The quantitative estimate of drug-likeness (QED) is 0.787. The Morgan fingerprint density at radius 3 is 2.56 bits per heavy atom. The number of nitrogens with zero attached hydrogens (tertiary/aromatic N) is 6. The van der Waals surface area contributed by atoms with Crippen molar-refractivity contribution in [2.75, 3.05) is 38.1 Å². The monoisotopic (exact) mass is 368 g/mol. The zero-order valence-corrected chi connectivity index (χ0v) is 15.2. The van der Waals surface area contributed by atoms with Crippen LogP contribution in [0, 0.1) is 6.92 Å². The van der Waals surface area contributed by atoms with Crippen LogP contribution in [0.1, 0.15) is 28.0 Å². The summed E-state index contributed by atoms with van der Waals surface area (Å²) in [6, 6.07) is 3.56. The van der Waals surface area contributed by atoms with Gasteiger partial charge in [-0.2, -0.15) is 0 Å². The molecule has 0 saturated carbocycles. The van der Waals surface area contributed by atoms with Gasteiger partial charge in [-0.25, -0.2) is 19.7 Å². The van der Waals surface area contributed by atoms with Gasteiger partial charge in [0.1, 0.15) is 11.5 Å². The lowest BCUT2D eigenvalue weighted by atomic mass is 10.3. The summed E-state index contributed by atoms with van der Waals surface area (Å²) >= 11 is 0. The lowest BCUT2D eigenvalue weighted by Crippen LogP contribution is -2.48. The highest BCUT2D eigenvalue weighted by Crippen LogP contribution is 2.35. The maximum absolute atomic E-state index is 12.9. The van der Waals surface area contributed by atoms with Crippen molar-refractivity contribution in [2.45, 2.75) is 13.2 Å². The molecule has 2 aromatic rings. The van der Waals surface area contributed by atoms with Gasteiger partial charge in [0.25, 0.3) is 5.91 Å². The number of carbonyl (C=O) groups excluding carboxylic acids is 2. The number of piperazine rings is 1. The van der Waals surface area contributed by atoms with Crippen molar-refractivity contribution in [1.82, 2.24) is 24.8 Å². The van der Waals surface area contributed by atoms with Crippen LogP contribution in [0.25, 0.3) is 0 Å². The Bertz CT molecular complexity index is 864. The molecule has 140 valence electrons. The Kier molecular flexibility index (Phi) is 4.44. The molecule has 2 aliphatic heterocycles. The largest absolute Gasteiger partial charge is 0.419 e. The molecule has 4 rings (SSSR count). The first-order valence-corrected chi connectivity index (χ1v) is 8.76. The minimum atomic E-state index is -0.983. The van der Waals surface area contributed by atoms with Crippen molar-refractivity contribution in [3.63, 3.8) is 0 Å². The van der Waals surface area contributed by atoms with Gasteiger partial charge < -0.3 is 14.5 Å². The van der Waals surface area contributed by atoms with Crippen LogP contribution in [0.15, 0.2) is 30.7 Å². The summed E-state index contributed by atoms with van der Waals surface area (Å²) in [7, 11) is 2.01. The number of amides is 2. The summed E-state index contributed by atoms with van der Waals surface area (Å²) < 4.78 is 5.71. The Balaban J connectivity index is 1.63. The summed E-state index contributed by atoms with van der Waals surface area (Å²) in [6.07, 6.45) is 3.13. The summed E-state index contributed by atoms with van der Waals surface area (Å²) in [5.41, 5.74) is 1.47. The lowest BCUT2D eigenvalue weighted by Gasteiger charge is -2.33. The minimum absolute atomic E-state index is 0.177. The van der Waals surface area contributed by atoms with Gasteiger partial charge in [0.05, 0.1) is 0 Å². The van der Waals surface area contributed by atoms with E-state index in [9.17, 15) is 9.59 Å². The molecule has 2 aliphatic rings. The third kappa shape index (κ3) is 3.21. The van der Waals surface area contributed by atoms with Crippen LogP contribution in [-0.2, 0) is 4.74 Å². The number of pyridine rings is 1. The highest BCUT2D eigenvalue weighted by Gasteiger charge is 2.44. The first-order valence-electron chi connectivity index (χ1n) is 8.76. The van der Waals surface area contributed by atoms with Crippen molar-refractivity contribution in [2.24, 2.45) is 0 Å². The van der Waals surface area contributed by atoms with E-state index in [1.807, 2.05) is 20.0 Å². The topological polar surface area (TPSA) is 91.8 Å². The number of aryl methyl sites for hydroxylation is 1. The standard InChI is InChI=1S/C18H20N6O3/c1-12-3-4-13(21-11-12)24-16(25)14-15(20-6-5-19-14)17(24)27-18(26)23-9-7-22(2)8-10-23/h3-6,11,17H,7-10H2,1-2H3/t17-/m0/s1. The van der Waals surface area contributed by atoms with E-state index in [-0.39, 0.29) is 11.6 Å². The van der Waals surface area contributed by atoms with E-state index < -0.39 is 12.3 Å². The number of carbonyl (C=O) groups is 2. The highest BCUT2D eigenvalue weighted by molar-refractivity contribution is 6.08. The van der Waals surface area contributed by atoms with Crippen LogP contribution in [0.4, 0.5) is 10.6 Å². The normalized spacial score (nSPS) is 19.9. The smallest absolute Gasteiger partial charge is 0.412 e. The van der Waals surface area contributed by atoms with Crippen molar-refractivity contribution in [1.29, 1.82) is 0 Å². The fourth-order valence-corrected chi connectivity index (χ4v) is 3.13. The molecular formula is C18H20N6O3. The molecule has 2 aromatic heterocycles. The third-order valence-corrected chi connectivity index (χ3v) is 4.73. The average Bonchev–Trinajstić information content (AvgIpc) is 2.95. The molecule has 0 spiro atoms. The van der Waals surface area contributed by atoms with Crippen molar-refractivity contribution < 1.29 is 14.3 Å². The second-order valence-corrected chi connectivity index (χ2v) is 6.69. The molecule has 27 heavy (non-hydrogen) atoms. The molecule has 0 N–H and O–H groups in total. The van der Waals surface area contributed by atoms with E-state index in [0.717, 1.165) is 18.7 Å². The minimum Gasteiger partial charge on any atom is -0.419 e. The van der Waals surface area contributed by atoms with Crippen LogP contribution in [0.5, 0.6) is 0 Å². The summed E-state index contributed by atoms with van der Waals surface area (Å²) in [4.78, 5) is 43.3. The molecule has 9 nitrogen and oxygen atoms in total. The van der Waals surface area contributed by atoms with E-state index in [1.54, 1.807) is 17.2 Å². The number of ether oxygens (including phenoxy) is 1. The fourth-order valence-electron chi connectivity index (χ4n) is 3.13. The van der Waals surface area contributed by atoms with E-state index >= 15 is 0 Å². The zero-order valence-electron chi connectivity index (χ0n) is 15.2. The number of hydrogen-bond donors (Lipinski definition) is 0. The molecule has 0 radical (unpaired) electrons. The predicted molar refractivity (Wildman–Crippen MR) is 96.1 cm³/mol. The van der Waals surface area contributed by atoms with Crippen LogP contribution in [0.3, 0.4) is 0 Å². The number of hydrogen-bond acceptors (Lipinski definition) is 7. The number of likely N-dealkylation sites (N-methyl/N-ethyl adjacent to an activating group) is 1. The van der Waals surface area contributed by atoms with Crippen molar-refractivity contribution >= 4 is 17.8 Å². The van der Waals surface area contributed by atoms with Crippen molar-refractivity contribution in [3.05, 3.63) is 47.7 Å². The molecule has 0 aliphatic carbocycles. The molecule has 9 heteroatoms. The number of rotatable bonds is 2. The van der Waals surface area contributed by atoms with Gasteiger partial charge in [0.2, 0.25) is 6.23 Å². The predicted octanol–water partition coefficient (Wildman–Crippen LogP) is 1.22. The number of aromatic nitrogens is 3. The Hall–Kier alpha value is -3.07. The molecule has 1 saturated heterocycles. The van der Waals surface area contributed by atoms with Crippen LogP contribution >= 0.6 is 0 Å². The first-order chi connectivity index (χ1) is 13.0.